The second kappa shape index (κ2) is 10.8. The molecule has 0 bridgehead atoms. The van der Waals surface area contributed by atoms with E-state index in [1.54, 1.807) is 0 Å². The van der Waals surface area contributed by atoms with Crippen molar-refractivity contribution in [3.05, 3.63) is 130 Å². The first-order valence-electron chi connectivity index (χ1n) is 13.1. The third kappa shape index (κ3) is 4.67. The molecule has 5 aromatic rings. The Morgan fingerprint density at radius 2 is 1.34 bits per heavy atom. The molecule has 1 aromatic heterocycles. The molecular formula is C33H28Cl2N2O. The van der Waals surface area contributed by atoms with E-state index in [4.69, 9.17) is 23.2 Å². The average molecular weight is 540 g/mol. The molecule has 190 valence electrons. The van der Waals surface area contributed by atoms with E-state index in [0.29, 0.717) is 11.5 Å². The fourth-order valence-electron chi connectivity index (χ4n) is 5.79. The summed E-state index contributed by atoms with van der Waals surface area (Å²) in [6, 6.07) is 33.8. The lowest BCUT2D eigenvalue weighted by molar-refractivity contribution is 0.0966. The zero-order valence-electron chi connectivity index (χ0n) is 21.0. The van der Waals surface area contributed by atoms with Crippen LogP contribution in [-0.4, -0.2) is 28.5 Å². The molecule has 2 heterocycles. The van der Waals surface area contributed by atoms with Crippen molar-refractivity contribution in [3.8, 4) is 11.3 Å². The smallest absolute Gasteiger partial charge is 0.262 e. The number of para-hydroxylation sites is 1. The molecule has 1 fully saturated rings. The summed E-state index contributed by atoms with van der Waals surface area (Å²) in [5.74, 6) is 0.334. The van der Waals surface area contributed by atoms with Gasteiger partial charge in [-0.2, -0.15) is 0 Å². The highest BCUT2D eigenvalue weighted by molar-refractivity contribution is 6.36. The van der Waals surface area contributed by atoms with Gasteiger partial charge in [0.25, 0.3) is 5.91 Å². The number of rotatable bonds is 5. The summed E-state index contributed by atoms with van der Waals surface area (Å²) in [4.78, 5) is 16.4. The summed E-state index contributed by atoms with van der Waals surface area (Å²) in [7, 11) is 0. The number of benzene rings is 4. The molecule has 0 unspecified atom stereocenters. The molecule has 0 amide bonds. The van der Waals surface area contributed by atoms with Crippen LogP contribution in [0.25, 0.3) is 22.2 Å². The van der Waals surface area contributed by atoms with E-state index >= 15 is 0 Å². The molecule has 5 heteroatoms. The topological polar surface area (TPSA) is 25.2 Å². The van der Waals surface area contributed by atoms with Crippen molar-refractivity contribution < 1.29 is 4.79 Å². The number of aromatic nitrogens is 1. The third-order valence-electron chi connectivity index (χ3n) is 7.63. The number of fused-ring (bicyclic) bond motifs is 1. The Labute approximate surface area is 233 Å². The molecule has 1 aliphatic rings. The third-order valence-corrected chi connectivity index (χ3v) is 8.29. The minimum atomic E-state index is -0.0148. The van der Waals surface area contributed by atoms with Gasteiger partial charge in [-0.05, 0) is 73.3 Å². The number of piperidine rings is 1. The first-order chi connectivity index (χ1) is 18.6. The summed E-state index contributed by atoms with van der Waals surface area (Å²) in [5, 5.41) is 2.63. The first kappa shape index (κ1) is 24.9. The Hall–Kier alpha value is -3.37. The molecule has 6 rings (SSSR count). The van der Waals surface area contributed by atoms with Crippen LogP contribution >= 0.6 is 23.2 Å². The van der Waals surface area contributed by atoms with Crippen molar-refractivity contribution in [2.24, 2.45) is 0 Å². The van der Waals surface area contributed by atoms with E-state index in [-0.39, 0.29) is 5.91 Å². The summed E-state index contributed by atoms with van der Waals surface area (Å²) in [5.41, 5.74) is 5.89. The Morgan fingerprint density at radius 3 is 2.03 bits per heavy atom. The summed E-state index contributed by atoms with van der Waals surface area (Å²) < 4.78 is 1.91. The molecule has 1 saturated heterocycles. The predicted octanol–water partition coefficient (Wildman–Crippen LogP) is 8.68. The molecule has 1 aliphatic heterocycles. The molecule has 0 radical (unpaired) electrons. The van der Waals surface area contributed by atoms with E-state index in [9.17, 15) is 4.79 Å². The number of hydrogen-bond acceptors (Lipinski definition) is 2. The van der Waals surface area contributed by atoms with Gasteiger partial charge in [-0.1, -0.05) is 96.0 Å². The standard InChI is InChI=1S/C33H28Cl2N2O/c34-28-15-9-16-29(35)31(28)23-18-20-36(21-19-23)22-27-26-14-7-8-17-30(26)37(32(27)24-10-3-1-4-11-24)33(38)25-12-5-2-6-13-25/h1-17,23H,18-22H2. The Morgan fingerprint density at radius 1 is 0.737 bits per heavy atom. The molecule has 0 saturated carbocycles. The lowest BCUT2D eigenvalue weighted by Gasteiger charge is -2.33. The van der Waals surface area contributed by atoms with Crippen molar-refractivity contribution in [2.45, 2.75) is 25.3 Å². The van der Waals surface area contributed by atoms with Crippen LogP contribution in [-0.2, 0) is 6.54 Å². The normalized spacial score (nSPS) is 14.7. The fraction of sp³-hybridized carbons (Fsp3) is 0.182. The maximum Gasteiger partial charge on any atom is 0.262 e. The van der Waals surface area contributed by atoms with Gasteiger partial charge in [0, 0.05) is 33.1 Å². The Kier molecular flexibility index (Phi) is 7.08. The SMILES string of the molecule is O=C(c1ccccc1)n1c(-c2ccccc2)c(CN2CCC(c3c(Cl)cccc3Cl)CC2)c2ccccc21. The lowest BCUT2D eigenvalue weighted by atomic mass is 9.89. The summed E-state index contributed by atoms with van der Waals surface area (Å²) in [6.45, 7) is 2.64. The maximum atomic E-state index is 13.9. The highest BCUT2D eigenvalue weighted by Gasteiger charge is 2.28. The first-order valence-corrected chi connectivity index (χ1v) is 13.8. The monoisotopic (exact) mass is 538 g/mol. The minimum Gasteiger partial charge on any atom is -0.299 e. The van der Waals surface area contributed by atoms with Gasteiger partial charge < -0.3 is 0 Å². The van der Waals surface area contributed by atoms with Crippen LogP contribution in [0.15, 0.2) is 103 Å². The molecule has 3 nitrogen and oxygen atoms in total. The number of hydrogen-bond donors (Lipinski definition) is 0. The fourth-order valence-corrected chi connectivity index (χ4v) is 6.50. The van der Waals surface area contributed by atoms with Crippen LogP contribution in [0.3, 0.4) is 0 Å². The Bertz CT molecular complexity index is 1570. The zero-order valence-corrected chi connectivity index (χ0v) is 22.5. The molecule has 0 N–H and O–H groups in total. The number of carbonyl (C=O) groups excluding carboxylic acids is 1. The highest BCUT2D eigenvalue weighted by atomic mass is 35.5. The molecule has 38 heavy (non-hydrogen) atoms. The number of halogens is 2. The number of carbonyl (C=O) groups is 1. The number of nitrogens with zero attached hydrogens (tertiary/aromatic N) is 2. The molecular weight excluding hydrogens is 511 g/mol. The maximum absolute atomic E-state index is 13.9. The second-order valence-corrected chi connectivity index (χ2v) is 10.7. The Balaban J connectivity index is 1.39. The van der Waals surface area contributed by atoms with Crippen LogP contribution in [0.1, 0.15) is 40.2 Å². The minimum absolute atomic E-state index is 0.0148. The van der Waals surface area contributed by atoms with Crippen molar-refractivity contribution in [2.75, 3.05) is 13.1 Å². The van der Waals surface area contributed by atoms with Crippen LogP contribution in [0.5, 0.6) is 0 Å². The van der Waals surface area contributed by atoms with Crippen molar-refractivity contribution in [1.82, 2.24) is 9.47 Å². The van der Waals surface area contributed by atoms with Crippen LogP contribution in [0.2, 0.25) is 10.0 Å². The van der Waals surface area contributed by atoms with E-state index in [2.05, 4.69) is 35.2 Å². The van der Waals surface area contributed by atoms with E-state index in [0.717, 1.165) is 70.2 Å². The average Bonchev–Trinajstić information content (AvgIpc) is 3.28. The quantitative estimate of drug-likeness (QED) is 0.223. The van der Waals surface area contributed by atoms with E-state index in [1.165, 1.54) is 5.56 Å². The summed E-state index contributed by atoms with van der Waals surface area (Å²) in [6.07, 6.45) is 1.98. The van der Waals surface area contributed by atoms with Crippen molar-refractivity contribution >= 4 is 40.0 Å². The van der Waals surface area contributed by atoms with Gasteiger partial charge in [0.2, 0.25) is 0 Å². The van der Waals surface area contributed by atoms with Crippen molar-refractivity contribution in [1.29, 1.82) is 0 Å². The van der Waals surface area contributed by atoms with Gasteiger partial charge in [0.1, 0.15) is 0 Å². The number of likely N-dealkylation sites (tertiary alicyclic amines) is 1. The highest BCUT2D eigenvalue weighted by Crippen LogP contribution is 2.40. The predicted molar refractivity (Wildman–Crippen MR) is 157 cm³/mol. The second-order valence-electron chi connectivity index (χ2n) is 9.90. The lowest BCUT2D eigenvalue weighted by Crippen LogP contribution is -2.32. The zero-order chi connectivity index (χ0) is 26.1. The largest absolute Gasteiger partial charge is 0.299 e. The van der Waals surface area contributed by atoms with E-state index in [1.807, 2.05) is 77.4 Å². The van der Waals surface area contributed by atoms with Crippen LogP contribution in [0.4, 0.5) is 0 Å². The van der Waals surface area contributed by atoms with Gasteiger partial charge in [-0.25, -0.2) is 0 Å². The molecule has 0 atom stereocenters. The molecule has 0 spiro atoms. The van der Waals surface area contributed by atoms with Gasteiger partial charge >= 0.3 is 0 Å². The van der Waals surface area contributed by atoms with Gasteiger partial charge in [-0.15, -0.1) is 0 Å². The molecule has 4 aromatic carbocycles. The molecule has 0 aliphatic carbocycles. The van der Waals surface area contributed by atoms with E-state index < -0.39 is 0 Å². The van der Waals surface area contributed by atoms with Gasteiger partial charge in [-0.3, -0.25) is 14.3 Å². The van der Waals surface area contributed by atoms with Crippen molar-refractivity contribution in [3.63, 3.8) is 0 Å². The van der Waals surface area contributed by atoms with Crippen LogP contribution < -0.4 is 0 Å². The van der Waals surface area contributed by atoms with Gasteiger partial charge in [0.05, 0.1) is 11.2 Å². The summed E-state index contributed by atoms with van der Waals surface area (Å²) >= 11 is 13.1. The van der Waals surface area contributed by atoms with Crippen LogP contribution in [0, 0.1) is 0 Å². The van der Waals surface area contributed by atoms with Gasteiger partial charge in [0.15, 0.2) is 0 Å².